The summed E-state index contributed by atoms with van der Waals surface area (Å²) in [5.41, 5.74) is 1.54. The number of aromatic nitrogens is 2. The summed E-state index contributed by atoms with van der Waals surface area (Å²) >= 11 is 0. The molecule has 0 aliphatic rings. The summed E-state index contributed by atoms with van der Waals surface area (Å²) in [6, 6.07) is 5.34. The quantitative estimate of drug-likeness (QED) is 0.822. The van der Waals surface area contributed by atoms with Gasteiger partial charge in [-0.2, -0.15) is 4.98 Å². The van der Waals surface area contributed by atoms with Crippen LogP contribution in [-0.2, 0) is 11.2 Å². The van der Waals surface area contributed by atoms with Gasteiger partial charge in [-0.1, -0.05) is 11.2 Å². The van der Waals surface area contributed by atoms with Crippen LogP contribution in [0.5, 0.6) is 5.75 Å². The standard InChI is InChI=1S/C13H16N2O3/c1-9-5-6-10(11(16)8-9)13-14-12(15-18-13)4-3-7-17-2/h5-6,8,16H,3-4,7H2,1-2H3. The number of phenols is 1. The molecule has 0 fully saturated rings. The van der Waals surface area contributed by atoms with E-state index in [1.807, 2.05) is 13.0 Å². The summed E-state index contributed by atoms with van der Waals surface area (Å²) in [4.78, 5) is 4.25. The van der Waals surface area contributed by atoms with Gasteiger partial charge in [0.2, 0.25) is 0 Å². The first-order chi connectivity index (χ1) is 8.70. The lowest BCUT2D eigenvalue weighted by Crippen LogP contribution is -1.94. The maximum absolute atomic E-state index is 9.82. The maximum atomic E-state index is 9.82. The fraction of sp³-hybridized carbons (Fsp3) is 0.385. The second-order valence-corrected chi connectivity index (χ2v) is 4.13. The lowest BCUT2D eigenvalue weighted by atomic mass is 10.1. The zero-order valence-electron chi connectivity index (χ0n) is 10.5. The normalized spacial score (nSPS) is 10.8. The highest BCUT2D eigenvalue weighted by Crippen LogP contribution is 2.28. The van der Waals surface area contributed by atoms with Crippen LogP contribution in [0, 0.1) is 6.92 Å². The van der Waals surface area contributed by atoms with Gasteiger partial charge in [-0.15, -0.1) is 0 Å². The van der Waals surface area contributed by atoms with Crippen molar-refractivity contribution >= 4 is 0 Å². The first-order valence-corrected chi connectivity index (χ1v) is 5.82. The number of nitrogens with zero attached hydrogens (tertiary/aromatic N) is 2. The predicted octanol–water partition coefficient (Wildman–Crippen LogP) is 2.33. The van der Waals surface area contributed by atoms with E-state index in [1.54, 1.807) is 19.2 Å². The molecule has 2 aromatic rings. The van der Waals surface area contributed by atoms with Gasteiger partial charge in [0.25, 0.3) is 5.89 Å². The first kappa shape index (κ1) is 12.6. The minimum atomic E-state index is 0.155. The molecule has 5 heteroatoms. The molecule has 0 atom stereocenters. The number of hydrogen-bond acceptors (Lipinski definition) is 5. The van der Waals surface area contributed by atoms with E-state index in [0.717, 1.165) is 12.0 Å². The monoisotopic (exact) mass is 248 g/mol. The Labute approximate surface area is 105 Å². The van der Waals surface area contributed by atoms with Crippen molar-refractivity contribution in [3.63, 3.8) is 0 Å². The molecule has 0 spiro atoms. The fourth-order valence-corrected chi connectivity index (χ4v) is 1.66. The average Bonchev–Trinajstić information content (AvgIpc) is 2.78. The van der Waals surface area contributed by atoms with Crippen LogP contribution in [0.1, 0.15) is 17.8 Å². The summed E-state index contributed by atoms with van der Waals surface area (Å²) in [6.45, 7) is 2.58. The molecule has 1 N–H and O–H groups in total. The number of aryl methyl sites for hydroxylation is 2. The van der Waals surface area contributed by atoms with E-state index in [0.29, 0.717) is 30.3 Å². The van der Waals surface area contributed by atoms with Gasteiger partial charge in [0.15, 0.2) is 5.82 Å². The van der Waals surface area contributed by atoms with Crippen LogP contribution >= 0.6 is 0 Å². The number of phenolic OH excluding ortho intramolecular Hbond substituents is 1. The third-order valence-electron chi connectivity index (χ3n) is 2.60. The highest BCUT2D eigenvalue weighted by atomic mass is 16.5. The van der Waals surface area contributed by atoms with Gasteiger partial charge in [0, 0.05) is 20.1 Å². The Morgan fingerprint density at radius 1 is 1.39 bits per heavy atom. The van der Waals surface area contributed by atoms with Crippen molar-refractivity contribution in [1.29, 1.82) is 0 Å². The van der Waals surface area contributed by atoms with Crippen molar-refractivity contribution in [2.75, 3.05) is 13.7 Å². The molecule has 0 radical (unpaired) electrons. The van der Waals surface area contributed by atoms with Gasteiger partial charge >= 0.3 is 0 Å². The van der Waals surface area contributed by atoms with E-state index < -0.39 is 0 Å². The molecule has 96 valence electrons. The van der Waals surface area contributed by atoms with Crippen LogP contribution in [0.2, 0.25) is 0 Å². The Hall–Kier alpha value is -1.88. The Morgan fingerprint density at radius 3 is 2.94 bits per heavy atom. The maximum Gasteiger partial charge on any atom is 0.261 e. The van der Waals surface area contributed by atoms with E-state index in [9.17, 15) is 5.11 Å². The van der Waals surface area contributed by atoms with E-state index >= 15 is 0 Å². The van der Waals surface area contributed by atoms with Gasteiger partial charge in [0.1, 0.15) is 5.75 Å². The SMILES string of the molecule is COCCCc1noc(-c2ccc(C)cc2O)n1. The lowest BCUT2D eigenvalue weighted by molar-refractivity contribution is 0.194. The van der Waals surface area contributed by atoms with Gasteiger partial charge < -0.3 is 14.4 Å². The second-order valence-electron chi connectivity index (χ2n) is 4.13. The minimum absolute atomic E-state index is 0.155. The van der Waals surface area contributed by atoms with Crippen LogP contribution in [0.15, 0.2) is 22.7 Å². The van der Waals surface area contributed by atoms with Crippen molar-refractivity contribution in [1.82, 2.24) is 10.1 Å². The van der Waals surface area contributed by atoms with Crippen molar-refractivity contribution in [2.24, 2.45) is 0 Å². The first-order valence-electron chi connectivity index (χ1n) is 5.82. The van der Waals surface area contributed by atoms with Gasteiger partial charge in [-0.25, -0.2) is 0 Å². The number of benzene rings is 1. The molecule has 0 unspecified atom stereocenters. The molecule has 5 nitrogen and oxygen atoms in total. The van der Waals surface area contributed by atoms with Crippen LogP contribution < -0.4 is 0 Å². The second kappa shape index (κ2) is 5.64. The third-order valence-corrected chi connectivity index (χ3v) is 2.60. The average molecular weight is 248 g/mol. The Balaban J connectivity index is 2.13. The highest BCUT2D eigenvalue weighted by Gasteiger charge is 2.12. The third kappa shape index (κ3) is 2.87. The molecular weight excluding hydrogens is 232 g/mol. The number of hydrogen-bond donors (Lipinski definition) is 1. The predicted molar refractivity (Wildman–Crippen MR) is 66.3 cm³/mol. The van der Waals surface area contributed by atoms with E-state index in [2.05, 4.69) is 10.1 Å². The van der Waals surface area contributed by atoms with Crippen LogP contribution in [0.25, 0.3) is 11.5 Å². The number of rotatable bonds is 5. The van der Waals surface area contributed by atoms with E-state index in [1.165, 1.54) is 0 Å². The molecule has 18 heavy (non-hydrogen) atoms. The number of aromatic hydroxyl groups is 1. The molecule has 2 rings (SSSR count). The molecule has 1 aromatic heterocycles. The van der Waals surface area contributed by atoms with E-state index in [4.69, 9.17) is 9.26 Å². The van der Waals surface area contributed by atoms with Gasteiger partial charge in [0.05, 0.1) is 5.56 Å². The molecule has 0 saturated carbocycles. The molecule has 0 aliphatic carbocycles. The smallest absolute Gasteiger partial charge is 0.261 e. The molecule has 0 aliphatic heterocycles. The molecule has 0 saturated heterocycles. The van der Waals surface area contributed by atoms with Crippen LogP contribution in [0.4, 0.5) is 0 Å². The van der Waals surface area contributed by atoms with Crippen molar-refractivity contribution < 1.29 is 14.4 Å². The fourth-order valence-electron chi connectivity index (χ4n) is 1.66. The minimum Gasteiger partial charge on any atom is -0.507 e. The van der Waals surface area contributed by atoms with Crippen molar-refractivity contribution in [2.45, 2.75) is 19.8 Å². The Morgan fingerprint density at radius 2 is 2.22 bits per heavy atom. The van der Waals surface area contributed by atoms with E-state index in [-0.39, 0.29) is 5.75 Å². The summed E-state index contributed by atoms with van der Waals surface area (Å²) in [5.74, 6) is 1.13. The molecule has 0 bridgehead atoms. The zero-order valence-corrected chi connectivity index (χ0v) is 10.5. The highest BCUT2D eigenvalue weighted by molar-refractivity contribution is 5.62. The Kier molecular flexibility index (Phi) is 3.94. The summed E-state index contributed by atoms with van der Waals surface area (Å²) in [5, 5.41) is 13.7. The van der Waals surface area contributed by atoms with Gasteiger partial charge in [-0.3, -0.25) is 0 Å². The molecule has 0 amide bonds. The Bertz CT molecular complexity index is 523. The zero-order chi connectivity index (χ0) is 13.0. The molecule has 1 aromatic carbocycles. The molecule has 1 heterocycles. The summed E-state index contributed by atoms with van der Waals surface area (Å²) in [6.07, 6.45) is 1.54. The lowest BCUT2D eigenvalue weighted by Gasteiger charge is -1.99. The number of ether oxygens (including phenoxy) is 1. The van der Waals surface area contributed by atoms with Gasteiger partial charge in [-0.05, 0) is 31.0 Å². The van der Waals surface area contributed by atoms with Crippen molar-refractivity contribution in [3.8, 4) is 17.2 Å². The number of methoxy groups -OCH3 is 1. The largest absolute Gasteiger partial charge is 0.507 e. The topological polar surface area (TPSA) is 68.4 Å². The molecular formula is C13H16N2O3. The summed E-state index contributed by atoms with van der Waals surface area (Å²) < 4.78 is 10.1. The van der Waals surface area contributed by atoms with Crippen LogP contribution in [-0.4, -0.2) is 29.0 Å². The summed E-state index contributed by atoms with van der Waals surface area (Å²) in [7, 11) is 1.66. The van der Waals surface area contributed by atoms with Crippen LogP contribution in [0.3, 0.4) is 0 Å². The van der Waals surface area contributed by atoms with Crippen molar-refractivity contribution in [3.05, 3.63) is 29.6 Å².